The highest BCUT2D eigenvalue weighted by molar-refractivity contribution is 6.04. The standard InChI is InChI=1S/C19H25N5O4/c1-26-15-3-4-17(27-2)16(11-15)23-18(25)14-12-21-19(22-13-14)20-5-6-24-7-9-28-10-8-24/h3-4,11-13H,5-10H2,1-2H3,(H,23,25)(H,20,21,22). The minimum Gasteiger partial charge on any atom is -0.497 e. The Kier molecular flexibility index (Phi) is 6.99. The zero-order chi connectivity index (χ0) is 19.8. The Hall–Kier alpha value is -2.91. The zero-order valence-corrected chi connectivity index (χ0v) is 16.1. The Bertz CT molecular complexity index is 778. The summed E-state index contributed by atoms with van der Waals surface area (Å²) in [5, 5.41) is 5.96. The molecule has 0 atom stereocenters. The van der Waals surface area contributed by atoms with E-state index in [-0.39, 0.29) is 5.91 Å². The predicted molar refractivity (Wildman–Crippen MR) is 105 cm³/mol. The monoisotopic (exact) mass is 387 g/mol. The topological polar surface area (TPSA) is 97.8 Å². The highest BCUT2D eigenvalue weighted by Crippen LogP contribution is 2.29. The van der Waals surface area contributed by atoms with Crippen molar-refractivity contribution >= 4 is 17.5 Å². The molecule has 1 saturated heterocycles. The van der Waals surface area contributed by atoms with E-state index in [1.165, 1.54) is 19.5 Å². The molecule has 2 heterocycles. The third-order valence-corrected chi connectivity index (χ3v) is 4.38. The summed E-state index contributed by atoms with van der Waals surface area (Å²) in [6.07, 6.45) is 2.98. The summed E-state index contributed by atoms with van der Waals surface area (Å²) in [5.74, 6) is 1.32. The number of nitrogens with zero attached hydrogens (tertiary/aromatic N) is 3. The number of nitrogens with one attached hydrogen (secondary N) is 2. The molecule has 2 N–H and O–H groups in total. The van der Waals surface area contributed by atoms with Gasteiger partial charge >= 0.3 is 0 Å². The lowest BCUT2D eigenvalue weighted by molar-refractivity contribution is 0.0398. The summed E-state index contributed by atoms with van der Waals surface area (Å²) >= 11 is 0. The van der Waals surface area contributed by atoms with Crippen LogP contribution in [0.25, 0.3) is 0 Å². The van der Waals surface area contributed by atoms with Gasteiger partial charge in [0.1, 0.15) is 11.5 Å². The number of amides is 1. The Morgan fingerprint density at radius 2 is 1.93 bits per heavy atom. The second kappa shape index (κ2) is 9.86. The van der Waals surface area contributed by atoms with Crippen molar-refractivity contribution < 1.29 is 19.0 Å². The second-order valence-electron chi connectivity index (χ2n) is 6.20. The van der Waals surface area contributed by atoms with E-state index >= 15 is 0 Å². The third-order valence-electron chi connectivity index (χ3n) is 4.38. The maximum atomic E-state index is 12.5. The number of aromatic nitrogens is 2. The first-order valence-electron chi connectivity index (χ1n) is 9.09. The van der Waals surface area contributed by atoms with Crippen LogP contribution in [0, 0.1) is 0 Å². The Labute approximate surface area is 164 Å². The van der Waals surface area contributed by atoms with Crippen molar-refractivity contribution in [3.05, 3.63) is 36.2 Å². The number of carbonyl (C=O) groups is 1. The molecule has 9 nitrogen and oxygen atoms in total. The van der Waals surface area contributed by atoms with Gasteiger partial charge < -0.3 is 24.8 Å². The lowest BCUT2D eigenvalue weighted by Gasteiger charge is -2.26. The van der Waals surface area contributed by atoms with Gasteiger partial charge in [0.2, 0.25) is 5.95 Å². The molecule has 0 bridgehead atoms. The van der Waals surface area contributed by atoms with Crippen LogP contribution in [0.2, 0.25) is 0 Å². The smallest absolute Gasteiger partial charge is 0.258 e. The quantitative estimate of drug-likeness (QED) is 0.703. The molecule has 0 unspecified atom stereocenters. The van der Waals surface area contributed by atoms with Crippen LogP contribution < -0.4 is 20.1 Å². The first-order chi connectivity index (χ1) is 13.7. The molecule has 1 aromatic heterocycles. The molecule has 0 radical (unpaired) electrons. The van der Waals surface area contributed by atoms with Crippen molar-refractivity contribution in [2.45, 2.75) is 0 Å². The SMILES string of the molecule is COc1ccc(OC)c(NC(=O)c2cnc(NCCN3CCOCC3)nc2)c1. The number of methoxy groups -OCH3 is 2. The van der Waals surface area contributed by atoms with Gasteiger partial charge in [-0.05, 0) is 12.1 Å². The fourth-order valence-corrected chi connectivity index (χ4v) is 2.79. The summed E-state index contributed by atoms with van der Waals surface area (Å²) in [6.45, 7) is 5.05. The fourth-order valence-electron chi connectivity index (χ4n) is 2.79. The summed E-state index contributed by atoms with van der Waals surface area (Å²) in [4.78, 5) is 23.2. The van der Waals surface area contributed by atoms with E-state index < -0.39 is 0 Å². The number of anilines is 2. The molecule has 9 heteroatoms. The molecule has 28 heavy (non-hydrogen) atoms. The third kappa shape index (κ3) is 5.30. The number of carbonyl (C=O) groups excluding carboxylic acids is 1. The predicted octanol–water partition coefficient (Wildman–Crippen LogP) is 1.49. The first-order valence-corrected chi connectivity index (χ1v) is 9.09. The maximum Gasteiger partial charge on any atom is 0.258 e. The van der Waals surface area contributed by atoms with Crippen LogP contribution in [0.3, 0.4) is 0 Å². The molecule has 1 aliphatic rings. The molecule has 1 aromatic carbocycles. The van der Waals surface area contributed by atoms with Crippen LogP contribution in [0.15, 0.2) is 30.6 Å². The minimum atomic E-state index is -0.327. The van der Waals surface area contributed by atoms with Crippen LogP contribution in [0.5, 0.6) is 11.5 Å². The van der Waals surface area contributed by atoms with Crippen LogP contribution >= 0.6 is 0 Å². The van der Waals surface area contributed by atoms with E-state index in [1.54, 1.807) is 25.3 Å². The lowest BCUT2D eigenvalue weighted by Crippen LogP contribution is -2.39. The van der Waals surface area contributed by atoms with Crippen LogP contribution in [-0.2, 0) is 4.74 Å². The molecule has 1 amide bonds. The zero-order valence-electron chi connectivity index (χ0n) is 16.1. The molecule has 3 rings (SSSR count). The van der Waals surface area contributed by atoms with Gasteiger partial charge in [0.25, 0.3) is 5.91 Å². The van der Waals surface area contributed by atoms with Gasteiger partial charge in [-0.2, -0.15) is 0 Å². The van der Waals surface area contributed by atoms with Gasteiger partial charge in [-0.15, -0.1) is 0 Å². The minimum absolute atomic E-state index is 0.327. The number of hydrogen-bond acceptors (Lipinski definition) is 8. The molecule has 1 aliphatic heterocycles. The summed E-state index contributed by atoms with van der Waals surface area (Å²) < 4.78 is 15.8. The van der Waals surface area contributed by atoms with Gasteiger partial charge in [-0.1, -0.05) is 0 Å². The molecular weight excluding hydrogens is 362 g/mol. The van der Waals surface area contributed by atoms with Gasteiger partial charge in [-0.3, -0.25) is 9.69 Å². The van der Waals surface area contributed by atoms with Crippen LogP contribution in [-0.4, -0.2) is 74.4 Å². The average Bonchev–Trinajstić information content (AvgIpc) is 2.75. The van der Waals surface area contributed by atoms with Crippen LogP contribution in [0.4, 0.5) is 11.6 Å². The number of hydrogen-bond donors (Lipinski definition) is 2. The van der Waals surface area contributed by atoms with Crippen molar-refractivity contribution in [3.8, 4) is 11.5 Å². The fraction of sp³-hybridized carbons (Fsp3) is 0.421. The van der Waals surface area contributed by atoms with Gasteiger partial charge in [0, 0.05) is 44.6 Å². The largest absolute Gasteiger partial charge is 0.497 e. The highest BCUT2D eigenvalue weighted by Gasteiger charge is 2.13. The number of morpholine rings is 1. The highest BCUT2D eigenvalue weighted by atomic mass is 16.5. The normalized spacial score (nSPS) is 14.4. The average molecular weight is 387 g/mol. The van der Waals surface area contributed by atoms with Gasteiger partial charge in [0.15, 0.2) is 0 Å². The van der Waals surface area contributed by atoms with E-state index in [4.69, 9.17) is 14.2 Å². The Balaban J connectivity index is 1.55. The Morgan fingerprint density at radius 3 is 2.61 bits per heavy atom. The van der Waals surface area contributed by atoms with Crippen LogP contribution in [0.1, 0.15) is 10.4 Å². The summed E-state index contributed by atoms with van der Waals surface area (Å²) in [5.41, 5.74) is 0.864. The van der Waals surface area contributed by atoms with Crippen molar-refractivity contribution in [2.75, 3.05) is 64.2 Å². The first kappa shape index (κ1) is 19.8. The van der Waals surface area contributed by atoms with Crippen molar-refractivity contribution in [3.63, 3.8) is 0 Å². The molecule has 0 spiro atoms. The maximum absolute atomic E-state index is 12.5. The summed E-state index contributed by atoms with van der Waals surface area (Å²) in [7, 11) is 3.10. The molecular formula is C19H25N5O4. The van der Waals surface area contributed by atoms with Crippen molar-refractivity contribution in [1.29, 1.82) is 0 Å². The van der Waals surface area contributed by atoms with E-state index in [1.807, 2.05) is 0 Å². The molecule has 150 valence electrons. The van der Waals surface area contributed by atoms with E-state index in [0.717, 1.165) is 39.4 Å². The molecule has 0 saturated carbocycles. The number of ether oxygens (including phenoxy) is 3. The van der Waals surface area contributed by atoms with Crippen molar-refractivity contribution in [2.24, 2.45) is 0 Å². The summed E-state index contributed by atoms with van der Waals surface area (Å²) in [6, 6.07) is 5.18. The van der Waals surface area contributed by atoms with E-state index in [9.17, 15) is 4.79 Å². The Morgan fingerprint density at radius 1 is 1.18 bits per heavy atom. The molecule has 0 aliphatic carbocycles. The molecule has 2 aromatic rings. The van der Waals surface area contributed by atoms with E-state index in [0.29, 0.717) is 28.7 Å². The van der Waals surface area contributed by atoms with Gasteiger partial charge in [-0.25, -0.2) is 9.97 Å². The number of benzene rings is 1. The number of rotatable bonds is 8. The van der Waals surface area contributed by atoms with Crippen molar-refractivity contribution in [1.82, 2.24) is 14.9 Å². The second-order valence-corrected chi connectivity index (χ2v) is 6.20. The lowest BCUT2D eigenvalue weighted by atomic mass is 10.2. The van der Waals surface area contributed by atoms with E-state index in [2.05, 4.69) is 25.5 Å². The molecule has 1 fully saturated rings. The van der Waals surface area contributed by atoms with Gasteiger partial charge in [0.05, 0.1) is 38.7 Å².